The molecule has 1 atom stereocenters. The number of benzene rings is 1. The van der Waals surface area contributed by atoms with Gasteiger partial charge in [0.1, 0.15) is 0 Å². The van der Waals surface area contributed by atoms with Crippen LogP contribution in [0.2, 0.25) is 0 Å². The number of carbonyl (C=O) groups excluding carboxylic acids is 1. The van der Waals surface area contributed by atoms with Crippen molar-refractivity contribution in [2.24, 2.45) is 5.92 Å². The molecule has 2 rings (SSSR count). The Kier molecular flexibility index (Phi) is 4.78. The molecule has 0 saturated carbocycles. The van der Waals surface area contributed by atoms with Crippen LogP contribution in [0.1, 0.15) is 12.0 Å². The van der Waals surface area contributed by atoms with Crippen LogP contribution in [0, 0.1) is 5.92 Å². The van der Waals surface area contributed by atoms with Gasteiger partial charge in [-0.05, 0) is 43.1 Å². The Morgan fingerprint density at radius 1 is 1.44 bits per heavy atom. The molecule has 1 fully saturated rings. The molecule has 1 aliphatic heterocycles. The molecule has 0 radical (unpaired) electrons. The maximum absolute atomic E-state index is 12.1. The molecule has 1 aromatic carbocycles. The van der Waals surface area contributed by atoms with Gasteiger partial charge >= 0.3 is 0 Å². The first kappa shape index (κ1) is 13.6. The summed E-state index contributed by atoms with van der Waals surface area (Å²) in [5.74, 6) is 0.813. The van der Waals surface area contributed by atoms with E-state index in [1.165, 1.54) is 6.42 Å². The molecule has 3 nitrogen and oxygen atoms in total. The number of hydrogen-bond donors (Lipinski definition) is 1. The Hall–Kier alpha value is -0.870. The van der Waals surface area contributed by atoms with E-state index >= 15 is 0 Å². The fourth-order valence-corrected chi connectivity index (χ4v) is 2.54. The van der Waals surface area contributed by atoms with E-state index in [1.807, 2.05) is 36.2 Å². The molecular formula is C14H19BrN2O. The first-order valence-electron chi connectivity index (χ1n) is 6.34. The van der Waals surface area contributed by atoms with Gasteiger partial charge in [0.25, 0.3) is 0 Å². The lowest BCUT2D eigenvalue weighted by Crippen LogP contribution is -2.33. The smallest absolute Gasteiger partial charge is 0.226 e. The van der Waals surface area contributed by atoms with E-state index in [1.54, 1.807) is 0 Å². The van der Waals surface area contributed by atoms with Crippen molar-refractivity contribution in [3.63, 3.8) is 0 Å². The van der Waals surface area contributed by atoms with Gasteiger partial charge in [-0.3, -0.25) is 4.79 Å². The lowest BCUT2D eigenvalue weighted by molar-refractivity contribution is -0.129. The number of hydrogen-bond acceptors (Lipinski definition) is 2. The van der Waals surface area contributed by atoms with Gasteiger partial charge in [-0.15, -0.1) is 0 Å². The van der Waals surface area contributed by atoms with Gasteiger partial charge in [0, 0.05) is 18.1 Å². The number of nitrogens with zero attached hydrogens (tertiary/aromatic N) is 1. The molecule has 0 aliphatic carbocycles. The van der Waals surface area contributed by atoms with Crippen LogP contribution in [-0.4, -0.2) is 37.5 Å². The summed E-state index contributed by atoms with van der Waals surface area (Å²) in [6.07, 6.45) is 1.67. The predicted molar refractivity (Wildman–Crippen MR) is 76.5 cm³/mol. The Morgan fingerprint density at radius 2 is 2.17 bits per heavy atom. The fraction of sp³-hybridized carbons (Fsp3) is 0.500. The van der Waals surface area contributed by atoms with E-state index in [0.29, 0.717) is 12.3 Å². The third-order valence-electron chi connectivity index (χ3n) is 3.39. The van der Waals surface area contributed by atoms with Gasteiger partial charge in [-0.25, -0.2) is 0 Å². The molecule has 0 spiro atoms. The molecule has 1 unspecified atom stereocenters. The van der Waals surface area contributed by atoms with E-state index in [9.17, 15) is 4.79 Å². The first-order chi connectivity index (χ1) is 8.65. The summed E-state index contributed by atoms with van der Waals surface area (Å²) in [5, 5.41) is 3.33. The molecule has 18 heavy (non-hydrogen) atoms. The quantitative estimate of drug-likeness (QED) is 0.923. The Balaban J connectivity index is 1.84. The highest BCUT2D eigenvalue weighted by atomic mass is 79.9. The molecule has 98 valence electrons. The zero-order valence-corrected chi connectivity index (χ0v) is 12.2. The molecule has 0 bridgehead atoms. The molecular weight excluding hydrogens is 292 g/mol. The summed E-state index contributed by atoms with van der Waals surface area (Å²) in [6, 6.07) is 7.94. The second-order valence-corrected chi connectivity index (χ2v) is 5.85. The highest BCUT2D eigenvalue weighted by Crippen LogP contribution is 2.13. The van der Waals surface area contributed by atoms with Gasteiger partial charge in [-0.2, -0.15) is 0 Å². The van der Waals surface area contributed by atoms with E-state index in [2.05, 4.69) is 21.2 Å². The molecule has 1 saturated heterocycles. The van der Waals surface area contributed by atoms with Crippen molar-refractivity contribution >= 4 is 21.8 Å². The van der Waals surface area contributed by atoms with Gasteiger partial charge < -0.3 is 10.2 Å². The van der Waals surface area contributed by atoms with E-state index in [-0.39, 0.29) is 5.91 Å². The molecule has 4 heteroatoms. The van der Waals surface area contributed by atoms with Crippen molar-refractivity contribution in [3.05, 3.63) is 34.3 Å². The predicted octanol–water partition coefficient (Wildman–Crippen LogP) is 2.06. The lowest BCUT2D eigenvalue weighted by atomic mass is 10.1. The number of nitrogens with one attached hydrogen (secondary N) is 1. The Bertz CT molecular complexity index is 399. The Morgan fingerprint density at radius 3 is 2.78 bits per heavy atom. The van der Waals surface area contributed by atoms with Crippen molar-refractivity contribution in [1.29, 1.82) is 0 Å². The minimum absolute atomic E-state index is 0.198. The third-order valence-corrected chi connectivity index (χ3v) is 3.92. The second-order valence-electron chi connectivity index (χ2n) is 4.94. The van der Waals surface area contributed by atoms with Gasteiger partial charge in [0.15, 0.2) is 0 Å². The highest BCUT2D eigenvalue weighted by molar-refractivity contribution is 9.10. The van der Waals surface area contributed by atoms with Crippen LogP contribution in [0.5, 0.6) is 0 Å². The highest BCUT2D eigenvalue weighted by Gasteiger charge is 2.19. The van der Waals surface area contributed by atoms with Crippen LogP contribution in [0.15, 0.2) is 28.7 Å². The zero-order valence-electron chi connectivity index (χ0n) is 10.7. The SMILES string of the molecule is CN(CC1CCNC1)C(=O)Cc1ccc(Br)cc1. The maximum atomic E-state index is 12.1. The lowest BCUT2D eigenvalue weighted by Gasteiger charge is -2.20. The summed E-state index contributed by atoms with van der Waals surface area (Å²) in [7, 11) is 1.90. The average Bonchev–Trinajstić information content (AvgIpc) is 2.85. The summed E-state index contributed by atoms with van der Waals surface area (Å²) < 4.78 is 1.05. The van der Waals surface area contributed by atoms with E-state index in [0.717, 1.165) is 29.7 Å². The second kappa shape index (κ2) is 6.34. The number of likely N-dealkylation sites (N-methyl/N-ethyl adjacent to an activating group) is 1. The van der Waals surface area contributed by atoms with Crippen molar-refractivity contribution in [1.82, 2.24) is 10.2 Å². The van der Waals surface area contributed by atoms with Crippen molar-refractivity contribution in [2.45, 2.75) is 12.8 Å². The molecule has 1 heterocycles. The van der Waals surface area contributed by atoms with Crippen molar-refractivity contribution in [2.75, 3.05) is 26.7 Å². The number of rotatable bonds is 4. The molecule has 1 N–H and O–H groups in total. The van der Waals surface area contributed by atoms with Gasteiger partial charge in [0.2, 0.25) is 5.91 Å². The normalized spacial score (nSPS) is 18.9. The molecule has 1 aromatic rings. The molecule has 0 aromatic heterocycles. The topological polar surface area (TPSA) is 32.3 Å². The standard InChI is InChI=1S/C14H19BrN2O/c1-17(10-12-6-7-16-9-12)14(18)8-11-2-4-13(15)5-3-11/h2-5,12,16H,6-10H2,1H3. The monoisotopic (exact) mass is 310 g/mol. The van der Waals surface area contributed by atoms with Crippen LogP contribution in [0.4, 0.5) is 0 Å². The average molecular weight is 311 g/mol. The van der Waals surface area contributed by atoms with Crippen LogP contribution in [-0.2, 0) is 11.2 Å². The van der Waals surface area contributed by atoms with Crippen LogP contribution < -0.4 is 5.32 Å². The molecule has 1 amide bonds. The summed E-state index contributed by atoms with van der Waals surface area (Å²) in [4.78, 5) is 13.9. The van der Waals surface area contributed by atoms with E-state index < -0.39 is 0 Å². The largest absolute Gasteiger partial charge is 0.345 e. The Labute approximate surface area is 117 Å². The van der Waals surface area contributed by atoms with Crippen LogP contribution in [0.3, 0.4) is 0 Å². The summed E-state index contributed by atoms with van der Waals surface area (Å²) >= 11 is 3.40. The van der Waals surface area contributed by atoms with Crippen LogP contribution in [0.25, 0.3) is 0 Å². The summed E-state index contributed by atoms with van der Waals surface area (Å²) in [6.45, 7) is 2.98. The minimum Gasteiger partial charge on any atom is -0.345 e. The van der Waals surface area contributed by atoms with Crippen molar-refractivity contribution in [3.8, 4) is 0 Å². The first-order valence-corrected chi connectivity index (χ1v) is 7.13. The summed E-state index contributed by atoms with van der Waals surface area (Å²) in [5.41, 5.74) is 1.07. The minimum atomic E-state index is 0.198. The van der Waals surface area contributed by atoms with Crippen molar-refractivity contribution < 1.29 is 4.79 Å². The van der Waals surface area contributed by atoms with Crippen LogP contribution >= 0.6 is 15.9 Å². The number of carbonyl (C=O) groups is 1. The van der Waals surface area contributed by atoms with Gasteiger partial charge in [-0.1, -0.05) is 28.1 Å². The maximum Gasteiger partial charge on any atom is 0.226 e. The van der Waals surface area contributed by atoms with Gasteiger partial charge in [0.05, 0.1) is 6.42 Å². The molecule has 1 aliphatic rings. The third kappa shape index (κ3) is 3.82. The fourth-order valence-electron chi connectivity index (χ4n) is 2.27. The number of halogens is 1. The zero-order chi connectivity index (χ0) is 13.0. The number of amides is 1. The van der Waals surface area contributed by atoms with E-state index in [4.69, 9.17) is 0 Å².